The molecule has 0 unspecified atom stereocenters. The molecule has 1 aromatic carbocycles. The van der Waals surface area contributed by atoms with Crippen LogP contribution in [0.2, 0.25) is 0 Å². The van der Waals surface area contributed by atoms with Gasteiger partial charge in [-0.05, 0) is 24.3 Å². The van der Waals surface area contributed by atoms with Crippen LogP contribution in [0.15, 0.2) is 36.5 Å². The molecule has 0 spiro atoms. The van der Waals surface area contributed by atoms with Crippen LogP contribution in [0.25, 0.3) is 0 Å². The minimum Gasteiger partial charge on any atom is -0.475 e. The van der Waals surface area contributed by atoms with Crippen LogP contribution < -0.4 is 0 Å². The highest BCUT2D eigenvalue weighted by atomic mass is 19.4. The van der Waals surface area contributed by atoms with Gasteiger partial charge in [0.1, 0.15) is 5.82 Å². The van der Waals surface area contributed by atoms with Gasteiger partial charge in [-0.2, -0.15) is 13.2 Å². The second kappa shape index (κ2) is 10.1. The number of hydrogen-bond acceptors (Lipinski definition) is 3. The van der Waals surface area contributed by atoms with Crippen LogP contribution in [0, 0.1) is 5.92 Å². The number of halogens is 3. The zero-order chi connectivity index (χ0) is 21.6. The number of carboxylic acids is 1. The molecule has 30 heavy (non-hydrogen) atoms. The van der Waals surface area contributed by atoms with E-state index in [2.05, 4.69) is 46.0 Å². The molecule has 5 nitrogen and oxygen atoms in total. The van der Waals surface area contributed by atoms with E-state index in [1.807, 2.05) is 0 Å². The Kier molecular flexibility index (Phi) is 7.53. The third kappa shape index (κ3) is 6.32. The summed E-state index contributed by atoms with van der Waals surface area (Å²) in [4.78, 5) is 16.3. The number of benzene rings is 1. The minimum absolute atomic E-state index is 0.932. The number of rotatable bonds is 4. The second-order valence-corrected chi connectivity index (χ2v) is 8.02. The van der Waals surface area contributed by atoms with Crippen molar-refractivity contribution in [3.05, 3.63) is 53.6 Å². The number of carboxylic acid groups (broad SMARTS) is 1. The van der Waals surface area contributed by atoms with Crippen LogP contribution in [-0.4, -0.2) is 44.8 Å². The molecule has 0 radical (unpaired) electrons. The van der Waals surface area contributed by atoms with Gasteiger partial charge in [0.2, 0.25) is 0 Å². The van der Waals surface area contributed by atoms with Gasteiger partial charge in [0.25, 0.3) is 0 Å². The smallest absolute Gasteiger partial charge is 0.475 e. The lowest BCUT2D eigenvalue weighted by Crippen LogP contribution is -2.37. The first kappa shape index (κ1) is 22.3. The Balaban J connectivity index is 0.000000318. The predicted molar refractivity (Wildman–Crippen MR) is 107 cm³/mol. The van der Waals surface area contributed by atoms with E-state index in [1.165, 1.54) is 62.3 Å². The van der Waals surface area contributed by atoms with Crippen molar-refractivity contribution in [1.29, 1.82) is 0 Å². The lowest BCUT2D eigenvalue weighted by molar-refractivity contribution is -0.192. The van der Waals surface area contributed by atoms with E-state index in [9.17, 15) is 13.2 Å². The average Bonchev–Trinajstić information content (AvgIpc) is 3.11. The molecule has 8 heteroatoms. The number of alkyl halides is 3. The van der Waals surface area contributed by atoms with Crippen LogP contribution in [-0.2, 0) is 24.3 Å². The van der Waals surface area contributed by atoms with Gasteiger partial charge >= 0.3 is 12.1 Å². The first-order chi connectivity index (χ1) is 14.3. The summed E-state index contributed by atoms with van der Waals surface area (Å²) in [6.07, 6.45) is 5.18. The fraction of sp³-hybridized carbons (Fsp3) is 0.545. The van der Waals surface area contributed by atoms with Crippen LogP contribution in [0.5, 0.6) is 0 Å². The molecule has 164 valence electrons. The quantitative estimate of drug-likeness (QED) is 0.787. The Bertz CT molecular complexity index is 815. The molecule has 2 heterocycles. The topological polar surface area (TPSA) is 58.4 Å². The molecule has 0 atom stereocenters. The maximum atomic E-state index is 10.6. The fourth-order valence-electron chi connectivity index (χ4n) is 4.21. The molecule has 0 saturated heterocycles. The maximum absolute atomic E-state index is 10.6. The van der Waals surface area contributed by atoms with E-state index in [4.69, 9.17) is 14.9 Å². The Hall–Kier alpha value is -2.35. The van der Waals surface area contributed by atoms with E-state index < -0.39 is 12.1 Å². The maximum Gasteiger partial charge on any atom is 0.490 e. The summed E-state index contributed by atoms with van der Waals surface area (Å²) in [6.45, 7) is 4.66. The molecule has 1 N–H and O–H groups in total. The summed E-state index contributed by atoms with van der Waals surface area (Å²) >= 11 is 0. The number of imidazole rings is 1. The van der Waals surface area contributed by atoms with Crippen molar-refractivity contribution in [3.63, 3.8) is 0 Å². The van der Waals surface area contributed by atoms with Crippen molar-refractivity contribution in [3.8, 4) is 0 Å². The van der Waals surface area contributed by atoms with Crippen molar-refractivity contribution in [1.82, 2.24) is 14.5 Å². The highest BCUT2D eigenvalue weighted by Gasteiger charge is 2.38. The van der Waals surface area contributed by atoms with Crippen LogP contribution in [0.3, 0.4) is 0 Å². The molecular formula is C22H28F3N3O2. The number of hydrogen-bond donors (Lipinski definition) is 1. The molecule has 2 aliphatic rings. The molecule has 2 aromatic rings. The molecule has 1 aliphatic heterocycles. The number of fused-ring (bicyclic) bond motifs is 1. The number of nitrogens with zero attached hydrogens (tertiary/aromatic N) is 3. The molecule has 1 saturated carbocycles. The molecule has 1 aromatic heterocycles. The Morgan fingerprint density at radius 3 is 2.40 bits per heavy atom. The summed E-state index contributed by atoms with van der Waals surface area (Å²) in [5.74, 6) is -0.599. The van der Waals surface area contributed by atoms with Crippen molar-refractivity contribution < 1.29 is 23.1 Å². The number of aliphatic carboxylic acids is 1. The molecular weight excluding hydrogens is 395 g/mol. The second-order valence-electron chi connectivity index (χ2n) is 8.02. The Morgan fingerprint density at radius 1 is 1.10 bits per heavy atom. The summed E-state index contributed by atoms with van der Waals surface area (Å²) in [6, 6.07) is 10.7. The third-order valence-corrected chi connectivity index (χ3v) is 5.74. The average molecular weight is 423 g/mol. The van der Waals surface area contributed by atoms with Crippen molar-refractivity contribution in [2.45, 2.75) is 57.8 Å². The fourth-order valence-corrected chi connectivity index (χ4v) is 4.21. The van der Waals surface area contributed by atoms with E-state index in [-0.39, 0.29) is 0 Å². The van der Waals surface area contributed by atoms with Gasteiger partial charge in [0, 0.05) is 38.8 Å². The highest BCUT2D eigenvalue weighted by molar-refractivity contribution is 5.73. The summed E-state index contributed by atoms with van der Waals surface area (Å²) in [5, 5.41) is 7.12. The summed E-state index contributed by atoms with van der Waals surface area (Å²) in [7, 11) is 0. The zero-order valence-corrected chi connectivity index (χ0v) is 16.9. The third-order valence-electron chi connectivity index (χ3n) is 5.74. The van der Waals surface area contributed by atoms with Crippen molar-refractivity contribution in [2.75, 3.05) is 13.1 Å². The first-order valence-corrected chi connectivity index (χ1v) is 10.4. The lowest BCUT2D eigenvalue weighted by Gasteiger charge is -2.33. The summed E-state index contributed by atoms with van der Waals surface area (Å²) < 4.78 is 34.2. The molecule has 0 bridgehead atoms. The predicted octanol–water partition coefficient (Wildman–Crippen LogP) is 4.50. The normalized spacial score (nSPS) is 17.7. The minimum atomic E-state index is -5.08. The number of aromatic nitrogens is 2. The summed E-state index contributed by atoms with van der Waals surface area (Å²) in [5.41, 5.74) is 2.75. The molecule has 1 aliphatic carbocycles. The van der Waals surface area contributed by atoms with E-state index in [1.54, 1.807) is 0 Å². The SMILES string of the molecule is O=C(O)C(F)(F)F.c1ccc(Cc2ncc3n2CCN(CC2CCCCC2)C3)cc1. The van der Waals surface area contributed by atoms with Crippen LogP contribution >= 0.6 is 0 Å². The zero-order valence-electron chi connectivity index (χ0n) is 16.9. The van der Waals surface area contributed by atoms with Gasteiger partial charge in [0.05, 0.1) is 5.69 Å². The largest absolute Gasteiger partial charge is 0.490 e. The van der Waals surface area contributed by atoms with Crippen molar-refractivity contribution >= 4 is 5.97 Å². The van der Waals surface area contributed by atoms with E-state index in [0.717, 1.165) is 25.4 Å². The monoisotopic (exact) mass is 423 g/mol. The van der Waals surface area contributed by atoms with Gasteiger partial charge in [0.15, 0.2) is 0 Å². The van der Waals surface area contributed by atoms with Gasteiger partial charge in [-0.25, -0.2) is 9.78 Å². The van der Waals surface area contributed by atoms with E-state index >= 15 is 0 Å². The molecule has 1 fully saturated rings. The Labute approximate surface area is 174 Å². The Morgan fingerprint density at radius 2 is 1.77 bits per heavy atom. The van der Waals surface area contributed by atoms with E-state index in [0.29, 0.717) is 0 Å². The van der Waals surface area contributed by atoms with Crippen molar-refractivity contribution in [2.24, 2.45) is 5.92 Å². The molecule has 4 rings (SSSR count). The first-order valence-electron chi connectivity index (χ1n) is 10.4. The van der Waals surface area contributed by atoms with Crippen LogP contribution in [0.1, 0.15) is 49.2 Å². The lowest BCUT2D eigenvalue weighted by atomic mass is 9.89. The van der Waals surface area contributed by atoms with Crippen LogP contribution in [0.4, 0.5) is 13.2 Å². The van der Waals surface area contributed by atoms with Gasteiger partial charge in [-0.15, -0.1) is 0 Å². The molecule has 0 amide bonds. The standard InChI is InChI=1S/C20H27N3.C2HF3O2/c1-3-7-17(8-4-1)13-20-21-14-19-16-22(11-12-23(19)20)15-18-9-5-2-6-10-18;3-2(4,5)1(6)7/h1,3-4,7-8,14,18H,2,5-6,9-13,15-16H2;(H,6,7). The van der Waals surface area contributed by atoms with Gasteiger partial charge in [-0.3, -0.25) is 4.90 Å². The number of carbonyl (C=O) groups is 1. The van der Waals surface area contributed by atoms with Gasteiger partial charge < -0.3 is 9.67 Å². The highest BCUT2D eigenvalue weighted by Crippen LogP contribution is 2.26. The van der Waals surface area contributed by atoms with Gasteiger partial charge in [-0.1, -0.05) is 49.6 Å².